The van der Waals surface area contributed by atoms with Gasteiger partial charge in [0.05, 0.1) is 6.61 Å². The van der Waals surface area contributed by atoms with Crippen molar-refractivity contribution >= 4 is 5.91 Å². The van der Waals surface area contributed by atoms with Crippen LogP contribution in [0.3, 0.4) is 0 Å². The molecule has 2 aliphatic rings. The largest absolute Gasteiger partial charge is 0.380 e. The highest BCUT2D eigenvalue weighted by Crippen LogP contribution is 2.37. The molecule has 2 heterocycles. The van der Waals surface area contributed by atoms with Crippen molar-refractivity contribution in [2.75, 3.05) is 33.3 Å². The van der Waals surface area contributed by atoms with Crippen LogP contribution in [0.4, 0.5) is 0 Å². The molecule has 1 aromatic carbocycles. The number of amides is 1. The predicted molar refractivity (Wildman–Crippen MR) is 82.2 cm³/mol. The molecule has 1 aromatic rings. The number of hydrogen-bond acceptors (Lipinski definition) is 3. The highest BCUT2D eigenvalue weighted by molar-refractivity contribution is 5.94. The van der Waals surface area contributed by atoms with E-state index in [9.17, 15) is 4.79 Å². The lowest BCUT2D eigenvalue weighted by molar-refractivity contribution is 0.0607. The van der Waals surface area contributed by atoms with Gasteiger partial charge < -0.3 is 15.0 Å². The van der Waals surface area contributed by atoms with E-state index in [0.29, 0.717) is 12.0 Å². The Morgan fingerprint density at radius 2 is 2.14 bits per heavy atom. The number of carbonyl (C=O) groups is 1. The Labute approximate surface area is 126 Å². The van der Waals surface area contributed by atoms with Gasteiger partial charge in [0.2, 0.25) is 0 Å². The summed E-state index contributed by atoms with van der Waals surface area (Å²) >= 11 is 0. The van der Waals surface area contributed by atoms with Gasteiger partial charge in [-0.15, -0.1) is 0 Å². The van der Waals surface area contributed by atoms with E-state index in [2.05, 4.69) is 5.32 Å². The Morgan fingerprint density at radius 1 is 1.33 bits per heavy atom. The van der Waals surface area contributed by atoms with Crippen molar-refractivity contribution < 1.29 is 9.53 Å². The van der Waals surface area contributed by atoms with Crippen molar-refractivity contribution in [2.24, 2.45) is 5.41 Å². The topological polar surface area (TPSA) is 41.6 Å². The highest BCUT2D eigenvalue weighted by Gasteiger charge is 2.38. The van der Waals surface area contributed by atoms with E-state index in [0.717, 1.165) is 50.1 Å². The minimum atomic E-state index is 0.161. The normalized spacial score (nSPS) is 20.9. The van der Waals surface area contributed by atoms with Gasteiger partial charge in [0.15, 0.2) is 0 Å². The summed E-state index contributed by atoms with van der Waals surface area (Å²) < 4.78 is 5.14. The second-order valence-electron chi connectivity index (χ2n) is 6.35. The fourth-order valence-corrected chi connectivity index (χ4v) is 3.55. The van der Waals surface area contributed by atoms with E-state index in [1.165, 1.54) is 6.42 Å². The summed E-state index contributed by atoms with van der Waals surface area (Å²) in [5.74, 6) is 0.161. The third-order valence-electron chi connectivity index (χ3n) is 4.93. The van der Waals surface area contributed by atoms with E-state index in [4.69, 9.17) is 4.74 Å². The van der Waals surface area contributed by atoms with Crippen LogP contribution in [0.15, 0.2) is 24.3 Å². The number of piperidine rings is 1. The molecule has 0 aliphatic carbocycles. The third kappa shape index (κ3) is 3.11. The Bertz CT molecular complexity index is 499. The van der Waals surface area contributed by atoms with E-state index in [1.54, 1.807) is 7.11 Å². The van der Waals surface area contributed by atoms with Gasteiger partial charge in [0, 0.05) is 32.3 Å². The SMILES string of the molecule is COCc1cccc(C(=O)N2CCC3(CCNC3)CC2)c1. The Balaban J connectivity index is 1.64. The summed E-state index contributed by atoms with van der Waals surface area (Å²) in [5, 5.41) is 3.46. The first-order valence-corrected chi connectivity index (χ1v) is 7.80. The molecular formula is C17H24N2O2. The summed E-state index contributed by atoms with van der Waals surface area (Å²) in [5.41, 5.74) is 2.29. The van der Waals surface area contributed by atoms with Gasteiger partial charge in [0.1, 0.15) is 0 Å². The number of rotatable bonds is 3. The summed E-state index contributed by atoms with van der Waals surface area (Å²) in [6, 6.07) is 7.79. The molecule has 4 heteroatoms. The maximum absolute atomic E-state index is 12.6. The van der Waals surface area contributed by atoms with Gasteiger partial charge in [-0.2, -0.15) is 0 Å². The maximum atomic E-state index is 12.6. The fraction of sp³-hybridized carbons (Fsp3) is 0.588. The molecule has 0 bridgehead atoms. The van der Waals surface area contributed by atoms with Crippen LogP contribution in [-0.4, -0.2) is 44.1 Å². The number of hydrogen-bond donors (Lipinski definition) is 1. The van der Waals surface area contributed by atoms with Crippen LogP contribution >= 0.6 is 0 Å². The van der Waals surface area contributed by atoms with Gasteiger partial charge >= 0.3 is 0 Å². The second kappa shape index (κ2) is 6.16. The molecule has 0 saturated carbocycles. The van der Waals surface area contributed by atoms with Crippen LogP contribution in [0, 0.1) is 5.41 Å². The average molecular weight is 288 g/mol. The smallest absolute Gasteiger partial charge is 0.253 e. The van der Waals surface area contributed by atoms with Crippen molar-refractivity contribution in [1.82, 2.24) is 10.2 Å². The Kier molecular flexibility index (Phi) is 4.27. The standard InChI is InChI=1S/C17H24N2O2/c1-21-12-14-3-2-4-15(11-14)16(20)19-9-6-17(7-10-19)5-8-18-13-17/h2-4,11,18H,5-10,12-13H2,1H3. The fourth-order valence-electron chi connectivity index (χ4n) is 3.55. The molecule has 0 radical (unpaired) electrons. The number of methoxy groups -OCH3 is 1. The van der Waals surface area contributed by atoms with Gasteiger partial charge in [-0.05, 0) is 48.9 Å². The highest BCUT2D eigenvalue weighted by atomic mass is 16.5. The first-order valence-electron chi connectivity index (χ1n) is 7.80. The van der Waals surface area contributed by atoms with Crippen molar-refractivity contribution in [3.63, 3.8) is 0 Å². The Morgan fingerprint density at radius 3 is 2.81 bits per heavy atom. The summed E-state index contributed by atoms with van der Waals surface area (Å²) in [6.45, 7) is 4.57. The monoisotopic (exact) mass is 288 g/mol. The van der Waals surface area contributed by atoms with Crippen LogP contribution in [0.25, 0.3) is 0 Å². The van der Waals surface area contributed by atoms with Crippen molar-refractivity contribution in [3.05, 3.63) is 35.4 Å². The lowest BCUT2D eigenvalue weighted by Gasteiger charge is -2.39. The van der Waals surface area contributed by atoms with Crippen LogP contribution < -0.4 is 5.32 Å². The Hall–Kier alpha value is -1.39. The number of nitrogens with one attached hydrogen (secondary N) is 1. The molecule has 3 rings (SSSR count). The molecule has 2 aliphatic heterocycles. The van der Waals surface area contributed by atoms with Gasteiger partial charge in [-0.1, -0.05) is 12.1 Å². The van der Waals surface area contributed by atoms with E-state index < -0.39 is 0 Å². The molecule has 1 amide bonds. The minimum Gasteiger partial charge on any atom is -0.380 e. The number of likely N-dealkylation sites (tertiary alicyclic amines) is 1. The van der Waals surface area contributed by atoms with Gasteiger partial charge in [-0.3, -0.25) is 4.79 Å². The summed E-state index contributed by atoms with van der Waals surface area (Å²) in [4.78, 5) is 14.6. The first-order chi connectivity index (χ1) is 10.2. The van der Waals surface area contributed by atoms with Crippen molar-refractivity contribution in [2.45, 2.75) is 25.9 Å². The molecule has 2 fully saturated rings. The third-order valence-corrected chi connectivity index (χ3v) is 4.93. The molecule has 0 unspecified atom stereocenters. The zero-order valence-electron chi connectivity index (χ0n) is 12.7. The number of ether oxygens (including phenoxy) is 1. The number of nitrogens with zero attached hydrogens (tertiary/aromatic N) is 1. The zero-order chi connectivity index (χ0) is 14.7. The van der Waals surface area contributed by atoms with Gasteiger partial charge in [0.25, 0.3) is 5.91 Å². The zero-order valence-corrected chi connectivity index (χ0v) is 12.7. The van der Waals surface area contributed by atoms with Crippen LogP contribution in [0.2, 0.25) is 0 Å². The molecule has 114 valence electrons. The van der Waals surface area contributed by atoms with Crippen molar-refractivity contribution in [1.29, 1.82) is 0 Å². The molecule has 2 saturated heterocycles. The second-order valence-corrected chi connectivity index (χ2v) is 6.35. The molecule has 0 atom stereocenters. The molecular weight excluding hydrogens is 264 g/mol. The maximum Gasteiger partial charge on any atom is 0.253 e. The van der Waals surface area contributed by atoms with Crippen molar-refractivity contribution in [3.8, 4) is 0 Å². The summed E-state index contributed by atoms with van der Waals surface area (Å²) in [7, 11) is 1.67. The van der Waals surface area contributed by atoms with Crippen LogP contribution in [-0.2, 0) is 11.3 Å². The van der Waals surface area contributed by atoms with E-state index in [-0.39, 0.29) is 5.91 Å². The minimum absolute atomic E-state index is 0.161. The average Bonchev–Trinajstić information content (AvgIpc) is 2.96. The molecule has 4 nitrogen and oxygen atoms in total. The van der Waals surface area contributed by atoms with Gasteiger partial charge in [-0.25, -0.2) is 0 Å². The first kappa shape index (κ1) is 14.5. The molecule has 1 spiro atoms. The molecule has 21 heavy (non-hydrogen) atoms. The predicted octanol–water partition coefficient (Wildman–Crippen LogP) is 2.05. The number of carbonyl (C=O) groups excluding carboxylic acids is 1. The molecule has 1 N–H and O–H groups in total. The quantitative estimate of drug-likeness (QED) is 0.925. The van der Waals surface area contributed by atoms with Crippen LogP contribution in [0.1, 0.15) is 35.2 Å². The van der Waals surface area contributed by atoms with Crippen LogP contribution in [0.5, 0.6) is 0 Å². The summed E-state index contributed by atoms with van der Waals surface area (Å²) in [6.07, 6.45) is 3.52. The lowest BCUT2D eigenvalue weighted by Crippen LogP contribution is -2.44. The van der Waals surface area contributed by atoms with E-state index in [1.807, 2.05) is 29.2 Å². The van der Waals surface area contributed by atoms with E-state index >= 15 is 0 Å². The number of benzene rings is 1. The lowest BCUT2D eigenvalue weighted by atomic mass is 9.78. The molecule has 0 aromatic heterocycles.